The molecule has 0 heterocycles. The third kappa shape index (κ3) is 1.56. The van der Waals surface area contributed by atoms with Crippen molar-refractivity contribution in [2.45, 2.75) is 20.8 Å². The van der Waals surface area contributed by atoms with E-state index in [-0.39, 0.29) is 0 Å². The van der Waals surface area contributed by atoms with Crippen molar-refractivity contribution < 1.29 is 0 Å². The standard InChI is InChI=1S/C15H16/c1-5-13-6-7-14-8-10(2)11(3)9-15(14)12(13)4/h5-9H,1H2,2-4H3. The molecule has 0 saturated carbocycles. The molecule has 2 rings (SSSR count). The fraction of sp³-hybridized carbons (Fsp3) is 0.200. The van der Waals surface area contributed by atoms with Crippen molar-refractivity contribution in [1.82, 2.24) is 0 Å². The van der Waals surface area contributed by atoms with Crippen LogP contribution in [0.1, 0.15) is 22.3 Å². The second-order valence-corrected chi connectivity index (χ2v) is 4.14. The van der Waals surface area contributed by atoms with E-state index in [1.54, 1.807) is 0 Å². The number of aryl methyl sites for hydroxylation is 3. The molecule has 0 saturated heterocycles. The van der Waals surface area contributed by atoms with Crippen molar-refractivity contribution in [2.24, 2.45) is 0 Å². The van der Waals surface area contributed by atoms with E-state index >= 15 is 0 Å². The van der Waals surface area contributed by atoms with Gasteiger partial charge in [-0.25, -0.2) is 0 Å². The van der Waals surface area contributed by atoms with Gasteiger partial charge in [-0.2, -0.15) is 0 Å². The number of rotatable bonds is 1. The van der Waals surface area contributed by atoms with Crippen LogP contribution in [-0.4, -0.2) is 0 Å². The number of hydrogen-bond donors (Lipinski definition) is 0. The molecule has 0 radical (unpaired) electrons. The van der Waals surface area contributed by atoms with Crippen molar-refractivity contribution in [3.63, 3.8) is 0 Å². The third-order valence-corrected chi connectivity index (χ3v) is 3.17. The van der Waals surface area contributed by atoms with Gasteiger partial charge in [-0.1, -0.05) is 36.9 Å². The van der Waals surface area contributed by atoms with Crippen LogP contribution < -0.4 is 0 Å². The highest BCUT2D eigenvalue weighted by molar-refractivity contribution is 5.89. The van der Waals surface area contributed by atoms with Crippen molar-refractivity contribution in [2.75, 3.05) is 0 Å². The Balaban J connectivity index is 2.87. The van der Waals surface area contributed by atoms with Crippen LogP contribution in [-0.2, 0) is 0 Å². The van der Waals surface area contributed by atoms with Crippen LogP contribution in [0, 0.1) is 20.8 Å². The maximum atomic E-state index is 3.84. The Kier molecular flexibility index (Phi) is 2.36. The predicted octanol–water partition coefficient (Wildman–Crippen LogP) is 4.41. The highest BCUT2D eigenvalue weighted by atomic mass is 14.1. The lowest BCUT2D eigenvalue weighted by atomic mass is 9.96. The summed E-state index contributed by atoms with van der Waals surface area (Å²) in [5, 5.41) is 2.66. The molecule has 0 heteroatoms. The molecule has 0 N–H and O–H groups in total. The minimum Gasteiger partial charge on any atom is -0.0985 e. The summed E-state index contributed by atoms with van der Waals surface area (Å²) in [6, 6.07) is 8.84. The third-order valence-electron chi connectivity index (χ3n) is 3.17. The molecule has 0 amide bonds. The maximum absolute atomic E-state index is 3.84. The molecule has 15 heavy (non-hydrogen) atoms. The van der Waals surface area contributed by atoms with Crippen molar-refractivity contribution in [1.29, 1.82) is 0 Å². The monoisotopic (exact) mass is 196 g/mol. The summed E-state index contributed by atoms with van der Waals surface area (Å²) in [7, 11) is 0. The minimum atomic E-state index is 1.23. The van der Waals surface area contributed by atoms with E-state index in [9.17, 15) is 0 Å². The smallest absolute Gasteiger partial charge is 0.0146 e. The quantitative estimate of drug-likeness (QED) is 0.633. The number of fused-ring (bicyclic) bond motifs is 1. The molecule has 0 fully saturated rings. The number of benzene rings is 2. The van der Waals surface area contributed by atoms with Gasteiger partial charge in [0.05, 0.1) is 0 Å². The summed E-state index contributed by atoms with van der Waals surface area (Å²) >= 11 is 0. The molecule has 0 aliphatic carbocycles. The first-order valence-corrected chi connectivity index (χ1v) is 5.26. The zero-order valence-corrected chi connectivity index (χ0v) is 9.59. The summed E-state index contributed by atoms with van der Waals surface area (Å²) in [5.74, 6) is 0. The van der Waals surface area contributed by atoms with Crippen LogP contribution >= 0.6 is 0 Å². The first-order valence-electron chi connectivity index (χ1n) is 5.26. The predicted molar refractivity (Wildman–Crippen MR) is 68.3 cm³/mol. The molecular formula is C15H16. The molecule has 0 aromatic heterocycles. The van der Waals surface area contributed by atoms with Gasteiger partial charge in [-0.05, 0) is 53.8 Å². The summed E-state index contributed by atoms with van der Waals surface area (Å²) in [5.41, 5.74) is 5.26. The lowest BCUT2D eigenvalue weighted by Gasteiger charge is -2.09. The lowest BCUT2D eigenvalue weighted by molar-refractivity contribution is 1.35. The van der Waals surface area contributed by atoms with Crippen LogP contribution in [0.15, 0.2) is 30.8 Å². The first kappa shape index (κ1) is 9.97. The second-order valence-electron chi connectivity index (χ2n) is 4.14. The molecular weight excluding hydrogens is 180 g/mol. The molecule has 0 unspecified atom stereocenters. The molecule has 0 bridgehead atoms. The van der Waals surface area contributed by atoms with Gasteiger partial charge in [-0.15, -0.1) is 0 Å². The van der Waals surface area contributed by atoms with Crippen LogP contribution in [0.4, 0.5) is 0 Å². The van der Waals surface area contributed by atoms with Crippen molar-refractivity contribution in [3.05, 3.63) is 53.1 Å². The van der Waals surface area contributed by atoms with Gasteiger partial charge in [0, 0.05) is 0 Å². The Labute approximate surface area is 91.2 Å². The zero-order chi connectivity index (χ0) is 11.0. The van der Waals surface area contributed by atoms with Gasteiger partial charge in [0.15, 0.2) is 0 Å². The van der Waals surface area contributed by atoms with E-state index in [1.165, 1.54) is 33.0 Å². The maximum Gasteiger partial charge on any atom is -0.0146 e. The Morgan fingerprint density at radius 2 is 1.67 bits per heavy atom. The van der Waals surface area contributed by atoms with Gasteiger partial charge < -0.3 is 0 Å². The van der Waals surface area contributed by atoms with E-state index in [1.807, 2.05) is 6.08 Å². The van der Waals surface area contributed by atoms with Crippen LogP contribution in [0.5, 0.6) is 0 Å². The van der Waals surface area contributed by atoms with Gasteiger partial charge in [-0.3, -0.25) is 0 Å². The number of hydrogen-bond acceptors (Lipinski definition) is 0. The summed E-state index contributed by atoms with van der Waals surface area (Å²) < 4.78 is 0. The lowest BCUT2D eigenvalue weighted by Crippen LogP contribution is -1.87. The average molecular weight is 196 g/mol. The molecule has 0 aliphatic heterocycles. The highest BCUT2D eigenvalue weighted by Gasteiger charge is 2.03. The molecule has 2 aromatic carbocycles. The zero-order valence-electron chi connectivity index (χ0n) is 9.59. The van der Waals surface area contributed by atoms with E-state index in [0.29, 0.717) is 0 Å². The van der Waals surface area contributed by atoms with E-state index in [4.69, 9.17) is 0 Å². The Hall–Kier alpha value is -1.56. The van der Waals surface area contributed by atoms with E-state index < -0.39 is 0 Å². The Morgan fingerprint density at radius 1 is 1.00 bits per heavy atom. The summed E-state index contributed by atoms with van der Waals surface area (Å²) in [4.78, 5) is 0. The normalized spacial score (nSPS) is 10.6. The SMILES string of the molecule is C=Cc1ccc2cc(C)c(C)cc2c1C. The van der Waals surface area contributed by atoms with Crippen molar-refractivity contribution in [3.8, 4) is 0 Å². The van der Waals surface area contributed by atoms with Crippen LogP contribution in [0.3, 0.4) is 0 Å². The topological polar surface area (TPSA) is 0 Å². The first-order chi connectivity index (χ1) is 7.13. The van der Waals surface area contributed by atoms with Crippen molar-refractivity contribution >= 4 is 16.8 Å². The fourth-order valence-electron chi connectivity index (χ4n) is 1.98. The Bertz CT molecular complexity index is 533. The molecule has 76 valence electrons. The summed E-state index contributed by atoms with van der Waals surface area (Å²) in [6.07, 6.45) is 1.92. The largest absolute Gasteiger partial charge is 0.0985 e. The second kappa shape index (κ2) is 3.54. The fourth-order valence-corrected chi connectivity index (χ4v) is 1.98. The van der Waals surface area contributed by atoms with E-state index in [0.717, 1.165) is 0 Å². The molecule has 2 aromatic rings. The Morgan fingerprint density at radius 3 is 2.33 bits per heavy atom. The van der Waals surface area contributed by atoms with Gasteiger partial charge in [0.1, 0.15) is 0 Å². The van der Waals surface area contributed by atoms with Crippen LogP contribution in [0.2, 0.25) is 0 Å². The molecule has 0 spiro atoms. The van der Waals surface area contributed by atoms with Gasteiger partial charge in [0.25, 0.3) is 0 Å². The summed E-state index contributed by atoms with van der Waals surface area (Å²) in [6.45, 7) is 10.3. The molecule has 0 aliphatic rings. The molecule has 0 atom stereocenters. The van der Waals surface area contributed by atoms with Crippen LogP contribution in [0.25, 0.3) is 16.8 Å². The minimum absolute atomic E-state index is 1.23. The highest BCUT2D eigenvalue weighted by Crippen LogP contribution is 2.25. The van der Waals surface area contributed by atoms with E-state index in [2.05, 4.69) is 51.6 Å². The molecule has 0 nitrogen and oxygen atoms in total. The van der Waals surface area contributed by atoms with Gasteiger partial charge >= 0.3 is 0 Å². The van der Waals surface area contributed by atoms with Gasteiger partial charge in [0.2, 0.25) is 0 Å². The average Bonchev–Trinajstić information content (AvgIpc) is 2.22.